The van der Waals surface area contributed by atoms with E-state index in [-0.39, 0.29) is 6.04 Å². The van der Waals surface area contributed by atoms with Crippen LogP contribution >= 0.6 is 0 Å². The van der Waals surface area contributed by atoms with Gasteiger partial charge in [-0.3, -0.25) is 5.84 Å². The van der Waals surface area contributed by atoms with Gasteiger partial charge in [0.1, 0.15) is 11.5 Å². The van der Waals surface area contributed by atoms with Crippen molar-refractivity contribution in [2.45, 2.75) is 51.5 Å². The SMILES string of the molecule is CCc1ccc(C(CC2CC3CCC2C3)NN)o1. The van der Waals surface area contributed by atoms with Crippen LogP contribution in [0.1, 0.15) is 56.6 Å². The van der Waals surface area contributed by atoms with Crippen molar-refractivity contribution >= 4 is 0 Å². The Morgan fingerprint density at radius 1 is 1.39 bits per heavy atom. The standard InChI is InChI=1S/C15H24N2O/c1-2-13-5-6-15(18-13)14(17-16)9-12-8-10-3-4-11(12)7-10/h5-6,10-12,14,17H,2-4,7-9,16H2,1H3. The molecular weight excluding hydrogens is 224 g/mol. The normalized spacial score (nSPS) is 32.0. The maximum absolute atomic E-state index is 5.83. The lowest BCUT2D eigenvalue weighted by molar-refractivity contribution is 0.261. The van der Waals surface area contributed by atoms with E-state index in [2.05, 4.69) is 24.5 Å². The molecular formula is C15H24N2O. The molecule has 0 amide bonds. The molecule has 0 saturated heterocycles. The van der Waals surface area contributed by atoms with Crippen LogP contribution in [0.3, 0.4) is 0 Å². The maximum atomic E-state index is 5.83. The maximum Gasteiger partial charge on any atom is 0.122 e. The van der Waals surface area contributed by atoms with Crippen LogP contribution in [-0.4, -0.2) is 0 Å². The Balaban J connectivity index is 1.65. The van der Waals surface area contributed by atoms with Crippen molar-refractivity contribution in [3.8, 4) is 0 Å². The van der Waals surface area contributed by atoms with Crippen molar-refractivity contribution in [2.24, 2.45) is 23.6 Å². The van der Waals surface area contributed by atoms with E-state index in [1.54, 1.807) is 0 Å². The molecule has 3 heteroatoms. The first-order valence-corrected chi connectivity index (χ1v) is 7.34. The van der Waals surface area contributed by atoms with Crippen molar-refractivity contribution in [3.63, 3.8) is 0 Å². The first-order valence-electron chi connectivity index (χ1n) is 7.34. The summed E-state index contributed by atoms with van der Waals surface area (Å²) in [5, 5.41) is 0. The highest BCUT2D eigenvalue weighted by atomic mass is 16.3. The number of hydrazine groups is 1. The minimum atomic E-state index is 0.189. The number of nitrogens with two attached hydrogens (primary N) is 1. The van der Waals surface area contributed by atoms with Crippen LogP contribution in [0, 0.1) is 17.8 Å². The second-order valence-electron chi connectivity index (χ2n) is 6.05. The summed E-state index contributed by atoms with van der Waals surface area (Å²) in [5.41, 5.74) is 2.95. The monoisotopic (exact) mass is 248 g/mol. The van der Waals surface area contributed by atoms with Crippen molar-refractivity contribution in [2.75, 3.05) is 0 Å². The van der Waals surface area contributed by atoms with E-state index in [9.17, 15) is 0 Å². The predicted molar refractivity (Wildman–Crippen MR) is 71.7 cm³/mol. The third-order valence-electron chi connectivity index (χ3n) is 5.00. The molecule has 0 aromatic carbocycles. The molecule has 18 heavy (non-hydrogen) atoms. The van der Waals surface area contributed by atoms with Gasteiger partial charge in [0, 0.05) is 6.42 Å². The summed E-state index contributed by atoms with van der Waals surface area (Å²) >= 11 is 0. The van der Waals surface area contributed by atoms with E-state index in [4.69, 9.17) is 10.3 Å². The van der Waals surface area contributed by atoms with E-state index < -0.39 is 0 Å². The molecule has 100 valence electrons. The lowest BCUT2D eigenvalue weighted by Crippen LogP contribution is -2.30. The Labute approximate surface area is 109 Å². The number of nitrogens with one attached hydrogen (secondary N) is 1. The highest BCUT2D eigenvalue weighted by molar-refractivity contribution is 5.11. The Bertz CT molecular complexity index is 401. The fraction of sp³-hybridized carbons (Fsp3) is 0.733. The summed E-state index contributed by atoms with van der Waals surface area (Å²) in [5.74, 6) is 10.6. The van der Waals surface area contributed by atoms with E-state index >= 15 is 0 Å². The van der Waals surface area contributed by atoms with Crippen LogP contribution in [0.25, 0.3) is 0 Å². The van der Waals surface area contributed by atoms with Gasteiger partial charge in [-0.25, -0.2) is 5.43 Å². The smallest absolute Gasteiger partial charge is 0.122 e. The van der Waals surface area contributed by atoms with E-state index in [0.29, 0.717) is 0 Å². The molecule has 2 aliphatic rings. The Kier molecular flexibility index (Phi) is 3.44. The second-order valence-corrected chi connectivity index (χ2v) is 6.05. The van der Waals surface area contributed by atoms with Gasteiger partial charge in [0.05, 0.1) is 6.04 Å². The summed E-state index contributed by atoms with van der Waals surface area (Å²) in [4.78, 5) is 0. The minimum absolute atomic E-state index is 0.189. The van der Waals surface area contributed by atoms with Gasteiger partial charge >= 0.3 is 0 Å². The molecule has 2 aliphatic carbocycles. The highest BCUT2D eigenvalue weighted by Crippen LogP contribution is 2.50. The fourth-order valence-electron chi connectivity index (χ4n) is 4.01. The van der Waals surface area contributed by atoms with Gasteiger partial charge in [-0.05, 0) is 55.6 Å². The molecule has 2 bridgehead atoms. The van der Waals surface area contributed by atoms with Crippen LogP contribution in [0.2, 0.25) is 0 Å². The molecule has 4 unspecified atom stereocenters. The van der Waals surface area contributed by atoms with Gasteiger partial charge in [0.15, 0.2) is 0 Å². The van der Waals surface area contributed by atoms with E-state index in [0.717, 1.165) is 42.1 Å². The number of aryl methyl sites for hydroxylation is 1. The molecule has 1 aromatic heterocycles. The molecule has 0 spiro atoms. The third kappa shape index (κ3) is 2.21. The molecule has 2 saturated carbocycles. The van der Waals surface area contributed by atoms with Crippen LogP contribution in [-0.2, 0) is 6.42 Å². The quantitative estimate of drug-likeness (QED) is 0.621. The number of hydrogen-bond acceptors (Lipinski definition) is 3. The number of rotatable bonds is 5. The summed E-state index contributed by atoms with van der Waals surface area (Å²) in [6.07, 6.45) is 7.85. The molecule has 1 aromatic rings. The van der Waals surface area contributed by atoms with Gasteiger partial charge in [0.25, 0.3) is 0 Å². The van der Waals surface area contributed by atoms with Crippen LogP contribution in [0.4, 0.5) is 0 Å². The second kappa shape index (κ2) is 5.06. The minimum Gasteiger partial charge on any atom is -0.464 e. The zero-order valence-corrected chi connectivity index (χ0v) is 11.2. The summed E-state index contributed by atoms with van der Waals surface area (Å²) in [7, 11) is 0. The van der Waals surface area contributed by atoms with Gasteiger partial charge < -0.3 is 4.42 Å². The Hall–Kier alpha value is -0.800. The topological polar surface area (TPSA) is 51.2 Å². The van der Waals surface area contributed by atoms with Crippen LogP contribution in [0.15, 0.2) is 16.5 Å². The molecule has 0 aliphatic heterocycles. The predicted octanol–water partition coefficient (Wildman–Crippen LogP) is 3.17. The average Bonchev–Trinajstić information content (AvgIpc) is 3.10. The largest absolute Gasteiger partial charge is 0.464 e. The molecule has 3 N–H and O–H groups in total. The number of furan rings is 1. The summed E-state index contributed by atoms with van der Waals surface area (Å²) in [6.45, 7) is 2.11. The van der Waals surface area contributed by atoms with Gasteiger partial charge in [-0.15, -0.1) is 0 Å². The summed E-state index contributed by atoms with van der Waals surface area (Å²) < 4.78 is 5.83. The molecule has 0 radical (unpaired) electrons. The summed E-state index contributed by atoms with van der Waals surface area (Å²) in [6, 6.07) is 4.34. The number of hydrogen-bond donors (Lipinski definition) is 2. The lowest BCUT2D eigenvalue weighted by Gasteiger charge is -2.25. The Morgan fingerprint density at radius 3 is 2.83 bits per heavy atom. The van der Waals surface area contributed by atoms with Crippen molar-refractivity contribution in [1.29, 1.82) is 0 Å². The third-order valence-corrected chi connectivity index (χ3v) is 5.00. The van der Waals surface area contributed by atoms with Crippen molar-refractivity contribution in [1.82, 2.24) is 5.43 Å². The van der Waals surface area contributed by atoms with Crippen molar-refractivity contribution in [3.05, 3.63) is 23.7 Å². The Morgan fingerprint density at radius 2 is 2.28 bits per heavy atom. The van der Waals surface area contributed by atoms with Gasteiger partial charge in [-0.2, -0.15) is 0 Å². The first-order chi connectivity index (χ1) is 8.80. The zero-order chi connectivity index (χ0) is 12.5. The van der Waals surface area contributed by atoms with Gasteiger partial charge in [0.2, 0.25) is 0 Å². The highest BCUT2D eigenvalue weighted by Gasteiger charge is 2.40. The van der Waals surface area contributed by atoms with Crippen LogP contribution in [0.5, 0.6) is 0 Å². The number of fused-ring (bicyclic) bond motifs is 2. The van der Waals surface area contributed by atoms with E-state index in [1.165, 1.54) is 25.7 Å². The molecule has 3 rings (SSSR count). The molecule has 3 nitrogen and oxygen atoms in total. The molecule has 4 atom stereocenters. The van der Waals surface area contributed by atoms with E-state index in [1.807, 2.05) is 0 Å². The van der Waals surface area contributed by atoms with Crippen LogP contribution < -0.4 is 11.3 Å². The zero-order valence-electron chi connectivity index (χ0n) is 11.2. The molecule has 2 fully saturated rings. The average molecular weight is 248 g/mol. The van der Waals surface area contributed by atoms with Gasteiger partial charge in [-0.1, -0.05) is 13.3 Å². The fourth-order valence-corrected chi connectivity index (χ4v) is 4.01. The molecule has 1 heterocycles. The lowest BCUT2D eigenvalue weighted by atomic mass is 9.84. The first kappa shape index (κ1) is 12.2. The van der Waals surface area contributed by atoms with Crippen molar-refractivity contribution < 1.29 is 4.42 Å².